The Morgan fingerprint density at radius 3 is 2.82 bits per heavy atom. The first-order valence-corrected chi connectivity index (χ1v) is 11.6. The minimum absolute atomic E-state index is 0.333. The smallest absolute Gasteiger partial charge is 0.231 e. The second-order valence-electron chi connectivity index (χ2n) is 8.18. The highest BCUT2D eigenvalue weighted by Gasteiger charge is 2.19. The second kappa shape index (κ2) is 10.7. The van der Waals surface area contributed by atoms with Crippen LogP contribution in [0.2, 0.25) is 0 Å². The Kier molecular flexibility index (Phi) is 7.28. The lowest BCUT2D eigenvalue weighted by Crippen LogP contribution is -2.23. The Morgan fingerprint density at radius 2 is 2.12 bits per heavy atom. The van der Waals surface area contributed by atoms with Gasteiger partial charge in [-0.15, -0.1) is 0 Å². The zero-order valence-corrected chi connectivity index (χ0v) is 19.5. The number of aromatic nitrogens is 3. The Hall–Kier alpha value is -4.06. The average molecular weight is 459 g/mol. The molecule has 0 bridgehead atoms. The highest BCUT2D eigenvalue weighted by atomic mass is 16.5. The van der Waals surface area contributed by atoms with E-state index in [9.17, 15) is 5.26 Å². The Balaban J connectivity index is 1.70. The zero-order valence-electron chi connectivity index (χ0n) is 19.5. The molecule has 1 aliphatic rings. The van der Waals surface area contributed by atoms with Crippen LogP contribution in [0.3, 0.4) is 0 Å². The summed E-state index contributed by atoms with van der Waals surface area (Å²) in [6.45, 7) is 2.43. The molecule has 1 aromatic carbocycles. The maximum absolute atomic E-state index is 9.57. The third-order valence-corrected chi connectivity index (χ3v) is 5.96. The third kappa shape index (κ3) is 4.96. The summed E-state index contributed by atoms with van der Waals surface area (Å²) < 4.78 is 5.89. The van der Waals surface area contributed by atoms with Crippen LogP contribution >= 0.6 is 0 Å². The number of allylic oxidation sites excluding steroid dienone is 1. The lowest BCUT2D eigenvalue weighted by atomic mass is 9.95. The molecule has 1 aliphatic carbocycles. The fourth-order valence-electron chi connectivity index (χ4n) is 4.32. The number of ether oxygens (including phenoxy) is 1. The van der Waals surface area contributed by atoms with Crippen LogP contribution in [-0.4, -0.2) is 40.9 Å². The summed E-state index contributed by atoms with van der Waals surface area (Å²) in [5, 5.41) is 27.6. The summed E-state index contributed by atoms with van der Waals surface area (Å²) in [6, 6.07) is 8.34. The van der Waals surface area contributed by atoms with Crippen molar-refractivity contribution < 1.29 is 4.74 Å². The lowest BCUT2D eigenvalue weighted by molar-refractivity contribution is 0.342. The van der Waals surface area contributed by atoms with Crippen LogP contribution in [-0.2, 0) is 0 Å². The molecule has 3 aromatic rings. The first-order valence-electron chi connectivity index (χ1n) is 11.6. The molecule has 0 saturated heterocycles. The van der Waals surface area contributed by atoms with E-state index in [1.54, 1.807) is 12.3 Å². The number of anilines is 3. The number of H-pyrrole nitrogens is 1. The van der Waals surface area contributed by atoms with E-state index in [1.165, 1.54) is 25.5 Å². The van der Waals surface area contributed by atoms with Gasteiger partial charge >= 0.3 is 0 Å². The number of hydrogen-bond acceptors (Lipinski definition) is 8. The van der Waals surface area contributed by atoms with Gasteiger partial charge in [0.1, 0.15) is 23.3 Å². The lowest BCUT2D eigenvalue weighted by Gasteiger charge is -2.24. The summed E-state index contributed by atoms with van der Waals surface area (Å²) >= 11 is 0. The molecule has 1 fully saturated rings. The van der Waals surface area contributed by atoms with E-state index in [0.29, 0.717) is 41.4 Å². The number of benzene rings is 1. The molecular weight excluding hydrogens is 428 g/mol. The van der Waals surface area contributed by atoms with Crippen molar-refractivity contribution in [3.05, 3.63) is 41.6 Å². The number of fused-ring (bicyclic) bond motifs is 1. The third-order valence-electron chi connectivity index (χ3n) is 5.96. The van der Waals surface area contributed by atoms with Gasteiger partial charge in [0.15, 0.2) is 0 Å². The molecule has 9 nitrogen and oxygen atoms in total. The van der Waals surface area contributed by atoms with E-state index < -0.39 is 0 Å². The predicted molar refractivity (Wildman–Crippen MR) is 136 cm³/mol. The van der Waals surface area contributed by atoms with Gasteiger partial charge < -0.3 is 31.1 Å². The van der Waals surface area contributed by atoms with Gasteiger partial charge in [-0.05, 0) is 38.0 Å². The Bertz CT molecular complexity index is 1230. The molecule has 0 atom stereocenters. The van der Waals surface area contributed by atoms with E-state index in [0.717, 1.165) is 35.2 Å². The van der Waals surface area contributed by atoms with Gasteiger partial charge in [-0.1, -0.05) is 25.3 Å². The topological polar surface area (TPSA) is 135 Å². The van der Waals surface area contributed by atoms with Crippen molar-refractivity contribution in [2.24, 2.45) is 0 Å². The molecule has 5 N–H and O–H groups in total. The van der Waals surface area contributed by atoms with Crippen molar-refractivity contribution in [1.29, 1.82) is 10.7 Å². The molecule has 0 unspecified atom stereocenters. The maximum atomic E-state index is 9.57. The van der Waals surface area contributed by atoms with Crippen LogP contribution in [0.25, 0.3) is 16.7 Å². The van der Waals surface area contributed by atoms with Crippen molar-refractivity contribution in [2.45, 2.75) is 45.1 Å². The Morgan fingerprint density at radius 1 is 1.29 bits per heavy atom. The molecule has 4 rings (SSSR count). The van der Waals surface area contributed by atoms with Gasteiger partial charge in [0.25, 0.3) is 0 Å². The van der Waals surface area contributed by atoms with Crippen LogP contribution in [0.4, 0.5) is 17.5 Å². The quantitative estimate of drug-likeness (QED) is 0.287. The van der Waals surface area contributed by atoms with E-state index >= 15 is 0 Å². The molecule has 0 aliphatic heterocycles. The van der Waals surface area contributed by atoms with Crippen LogP contribution in [0.1, 0.15) is 50.2 Å². The average Bonchev–Trinajstić information content (AvgIpc) is 3.28. The van der Waals surface area contributed by atoms with E-state index in [2.05, 4.69) is 32.0 Å². The predicted octanol–water partition coefficient (Wildman–Crippen LogP) is 4.93. The number of hydrogen-bond donors (Lipinski definition) is 5. The molecule has 0 amide bonds. The van der Waals surface area contributed by atoms with Gasteiger partial charge in [-0.25, -0.2) is 0 Å². The normalized spacial score (nSPS) is 14.4. The first-order chi connectivity index (χ1) is 16.7. The summed E-state index contributed by atoms with van der Waals surface area (Å²) in [5.74, 6) is 1.73. The molecule has 176 valence electrons. The standard InChI is InChI=1S/C25H30N8O/c1-3-34-21-13-16(19(28-2)11-12-26)9-10-20(21)31-25-32-23-22(17(14-27)15-29-23)24(33-25)30-18-7-5-4-6-8-18/h9-13,15,18,26,28H,3-8H2,1-2H3,(H3,29,30,31,32,33)/b19-11-,26-12?. The highest BCUT2D eigenvalue weighted by molar-refractivity contribution is 5.94. The molecular formula is C25H30N8O. The number of nitrogens with one attached hydrogen (secondary N) is 5. The van der Waals surface area contributed by atoms with Crippen LogP contribution < -0.4 is 20.7 Å². The molecule has 34 heavy (non-hydrogen) atoms. The van der Waals surface area contributed by atoms with Gasteiger partial charge in [0.05, 0.1) is 23.2 Å². The van der Waals surface area contributed by atoms with Crippen molar-refractivity contribution >= 4 is 40.4 Å². The Labute approximate surface area is 199 Å². The van der Waals surface area contributed by atoms with Crippen LogP contribution in [0.15, 0.2) is 30.5 Å². The summed E-state index contributed by atoms with van der Waals surface area (Å²) in [4.78, 5) is 12.5. The van der Waals surface area contributed by atoms with Crippen LogP contribution in [0, 0.1) is 16.7 Å². The molecule has 2 heterocycles. The summed E-state index contributed by atoms with van der Waals surface area (Å²) in [5.41, 5.74) is 3.57. The van der Waals surface area contributed by atoms with Gasteiger partial charge in [0.2, 0.25) is 5.95 Å². The maximum Gasteiger partial charge on any atom is 0.231 e. The SMILES string of the molecule is CCOc1cc(/C(=C/C=N)NC)ccc1Nc1nc(NC2CCCCC2)c2c(C#N)c[nH]c2n1. The largest absolute Gasteiger partial charge is 0.492 e. The van der Waals surface area contributed by atoms with Crippen molar-refractivity contribution in [1.82, 2.24) is 20.3 Å². The summed E-state index contributed by atoms with van der Waals surface area (Å²) in [6.07, 6.45) is 10.4. The minimum atomic E-state index is 0.333. The fraction of sp³-hybridized carbons (Fsp3) is 0.360. The van der Waals surface area contributed by atoms with Crippen molar-refractivity contribution in [3.8, 4) is 11.8 Å². The van der Waals surface area contributed by atoms with Gasteiger partial charge in [-0.3, -0.25) is 0 Å². The number of nitrogens with zero attached hydrogens (tertiary/aromatic N) is 3. The number of aromatic amines is 1. The molecule has 2 aromatic heterocycles. The molecule has 0 radical (unpaired) electrons. The zero-order chi connectivity index (χ0) is 23.9. The molecule has 1 saturated carbocycles. The number of nitriles is 1. The van der Waals surface area contributed by atoms with Crippen LogP contribution in [0.5, 0.6) is 5.75 Å². The highest BCUT2D eigenvalue weighted by Crippen LogP contribution is 2.33. The first kappa shape index (κ1) is 23.1. The van der Waals surface area contributed by atoms with E-state index in [-0.39, 0.29) is 0 Å². The molecule has 9 heteroatoms. The van der Waals surface area contributed by atoms with Gasteiger partial charge in [0, 0.05) is 36.8 Å². The molecule has 0 spiro atoms. The fourth-order valence-corrected chi connectivity index (χ4v) is 4.32. The summed E-state index contributed by atoms with van der Waals surface area (Å²) in [7, 11) is 1.82. The van der Waals surface area contributed by atoms with Gasteiger partial charge in [-0.2, -0.15) is 15.2 Å². The minimum Gasteiger partial charge on any atom is -0.492 e. The van der Waals surface area contributed by atoms with E-state index in [4.69, 9.17) is 15.1 Å². The number of rotatable bonds is 9. The monoisotopic (exact) mass is 458 g/mol. The van der Waals surface area contributed by atoms with E-state index in [1.807, 2.05) is 32.2 Å². The van der Waals surface area contributed by atoms with Crippen molar-refractivity contribution in [2.75, 3.05) is 24.3 Å². The second-order valence-corrected chi connectivity index (χ2v) is 8.18. The van der Waals surface area contributed by atoms with Crippen molar-refractivity contribution in [3.63, 3.8) is 0 Å².